The highest BCUT2D eigenvalue weighted by Crippen LogP contribution is 2.18. The van der Waals surface area contributed by atoms with Crippen molar-refractivity contribution < 1.29 is 9.53 Å². The van der Waals surface area contributed by atoms with Crippen LogP contribution in [0.25, 0.3) is 0 Å². The van der Waals surface area contributed by atoms with Crippen LogP contribution in [0.2, 0.25) is 0 Å². The second kappa shape index (κ2) is 5.51. The van der Waals surface area contributed by atoms with Crippen molar-refractivity contribution in [3.8, 4) is 0 Å². The number of amides is 1. The van der Waals surface area contributed by atoms with Crippen molar-refractivity contribution in [2.45, 2.75) is 6.42 Å². The third-order valence-electron chi connectivity index (χ3n) is 2.84. The van der Waals surface area contributed by atoms with Crippen LogP contribution in [0.5, 0.6) is 0 Å². The van der Waals surface area contributed by atoms with Gasteiger partial charge in [0.15, 0.2) is 0 Å². The second-order valence-electron chi connectivity index (χ2n) is 4.17. The van der Waals surface area contributed by atoms with E-state index in [2.05, 4.69) is 21.2 Å². The number of nitrogen functional groups attached to an aromatic ring is 1. The molecule has 1 aromatic carbocycles. The Morgan fingerprint density at radius 3 is 3.12 bits per heavy atom. The van der Waals surface area contributed by atoms with Crippen molar-refractivity contribution in [1.82, 2.24) is 5.32 Å². The molecule has 0 bridgehead atoms. The fourth-order valence-corrected chi connectivity index (χ4v) is 2.16. The lowest BCUT2D eigenvalue weighted by Crippen LogP contribution is -2.30. The number of hydrogen-bond donors (Lipinski definition) is 2. The Morgan fingerprint density at radius 2 is 2.41 bits per heavy atom. The van der Waals surface area contributed by atoms with Crippen LogP contribution < -0.4 is 11.1 Å². The van der Waals surface area contributed by atoms with Crippen LogP contribution in [0.15, 0.2) is 22.7 Å². The molecule has 1 heterocycles. The SMILES string of the molecule is Nc1ccc(Br)cc1C(=O)NCC1CCOC1. The third-order valence-corrected chi connectivity index (χ3v) is 3.33. The zero-order valence-corrected chi connectivity index (χ0v) is 11.0. The Labute approximate surface area is 109 Å². The lowest BCUT2D eigenvalue weighted by atomic mass is 10.1. The van der Waals surface area contributed by atoms with Gasteiger partial charge in [-0.1, -0.05) is 15.9 Å². The number of hydrogen-bond acceptors (Lipinski definition) is 3. The molecule has 1 aliphatic heterocycles. The van der Waals surface area contributed by atoms with Crippen molar-refractivity contribution >= 4 is 27.5 Å². The Hall–Kier alpha value is -1.07. The smallest absolute Gasteiger partial charge is 0.253 e. The number of rotatable bonds is 3. The van der Waals surface area contributed by atoms with E-state index in [1.807, 2.05) is 6.07 Å². The molecule has 1 aromatic rings. The van der Waals surface area contributed by atoms with Crippen LogP contribution in [0.1, 0.15) is 16.8 Å². The minimum atomic E-state index is -0.129. The molecule has 1 fully saturated rings. The van der Waals surface area contributed by atoms with E-state index in [9.17, 15) is 4.79 Å². The highest BCUT2D eigenvalue weighted by atomic mass is 79.9. The van der Waals surface area contributed by atoms with E-state index in [4.69, 9.17) is 10.5 Å². The molecule has 1 aliphatic rings. The molecule has 0 aliphatic carbocycles. The first-order valence-corrected chi connectivity index (χ1v) is 6.37. The van der Waals surface area contributed by atoms with Gasteiger partial charge < -0.3 is 15.8 Å². The van der Waals surface area contributed by atoms with Gasteiger partial charge in [0.25, 0.3) is 5.91 Å². The molecule has 1 unspecified atom stereocenters. The highest BCUT2D eigenvalue weighted by Gasteiger charge is 2.17. The third kappa shape index (κ3) is 3.20. The largest absolute Gasteiger partial charge is 0.398 e. The van der Waals surface area contributed by atoms with Crippen molar-refractivity contribution in [1.29, 1.82) is 0 Å². The predicted molar refractivity (Wildman–Crippen MR) is 69.8 cm³/mol. The topological polar surface area (TPSA) is 64.4 Å². The molecule has 1 saturated heterocycles. The number of nitrogens with two attached hydrogens (primary N) is 1. The van der Waals surface area contributed by atoms with Crippen LogP contribution in [0, 0.1) is 5.92 Å². The van der Waals surface area contributed by atoms with E-state index < -0.39 is 0 Å². The summed E-state index contributed by atoms with van der Waals surface area (Å²) in [6.07, 6.45) is 1.01. The van der Waals surface area contributed by atoms with Crippen LogP contribution in [0.4, 0.5) is 5.69 Å². The van der Waals surface area contributed by atoms with Gasteiger partial charge in [-0.3, -0.25) is 4.79 Å². The molecule has 2 rings (SSSR count). The Morgan fingerprint density at radius 1 is 1.59 bits per heavy atom. The molecule has 0 aromatic heterocycles. The maximum atomic E-state index is 11.9. The molecular formula is C12H15BrN2O2. The molecule has 1 amide bonds. The van der Waals surface area contributed by atoms with Crippen molar-refractivity contribution in [3.63, 3.8) is 0 Å². The molecule has 0 saturated carbocycles. The average Bonchev–Trinajstić information content (AvgIpc) is 2.82. The standard InChI is InChI=1S/C12H15BrN2O2/c13-9-1-2-11(14)10(5-9)12(16)15-6-8-3-4-17-7-8/h1-2,5,8H,3-4,6-7,14H2,(H,15,16). The summed E-state index contributed by atoms with van der Waals surface area (Å²) in [6, 6.07) is 5.27. The first kappa shape index (κ1) is 12.4. The Balaban J connectivity index is 1.96. The second-order valence-corrected chi connectivity index (χ2v) is 5.09. The van der Waals surface area contributed by atoms with E-state index in [0.29, 0.717) is 23.7 Å². The van der Waals surface area contributed by atoms with Gasteiger partial charge in [0.2, 0.25) is 0 Å². The summed E-state index contributed by atoms with van der Waals surface area (Å²) in [4.78, 5) is 11.9. The fourth-order valence-electron chi connectivity index (χ4n) is 1.80. The number of benzene rings is 1. The zero-order chi connectivity index (χ0) is 12.3. The summed E-state index contributed by atoms with van der Waals surface area (Å²) in [5.74, 6) is 0.294. The van der Waals surface area contributed by atoms with Gasteiger partial charge in [-0.2, -0.15) is 0 Å². The molecule has 3 N–H and O–H groups in total. The van der Waals surface area contributed by atoms with Crippen LogP contribution in [-0.4, -0.2) is 25.7 Å². The summed E-state index contributed by atoms with van der Waals surface area (Å²) in [5.41, 5.74) is 6.77. The van der Waals surface area contributed by atoms with E-state index in [1.54, 1.807) is 12.1 Å². The molecule has 0 spiro atoms. The number of halogens is 1. The summed E-state index contributed by atoms with van der Waals surface area (Å²) in [6.45, 7) is 2.17. The van der Waals surface area contributed by atoms with Crippen molar-refractivity contribution in [3.05, 3.63) is 28.2 Å². The Kier molecular flexibility index (Phi) is 4.02. The average molecular weight is 299 g/mol. The molecule has 1 atom stereocenters. The maximum absolute atomic E-state index is 11.9. The highest BCUT2D eigenvalue weighted by molar-refractivity contribution is 9.10. The molecule has 92 valence electrons. The van der Waals surface area contributed by atoms with Gasteiger partial charge in [-0.05, 0) is 24.6 Å². The van der Waals surface area contributed by atoms with Crippen LogP contribution in [-0.2, 0) is 4.74 Å². The normalized spacial score (nSPS) is 19.2. The molecule has 5 heteroatoms. The quantitative estimate of drug-likeness (QED) is 0.837. The number of carbonyl (C=O) groups excluding carboxylic acids is 1. The minimum absolute atomic E-state index is 0.129. The summed E-state index contributed by atoms with van der Waals surface area (Å²) in [5, 5.41) is 2.89. The Bertz CT molecular complexity index is 417. The molecule has 4 nitrogen and oxygen atoms in total. The van der Waals surface area contributed by atoms with E-state index in [-0.39, 0.29) is 5.91 Å². The molecular weight excluding hydrogens is 284 g/mol. The monoisotopic (exact) mass is 298 g/mol. The first-order valence-electron chi connectivity index (χ1n) is 5.58. The molecule has 17 heavy (non-hydrogen) atoms. The summed E-state index contributed by atoms with van der Waals surface area (Å²) in [7, 11) is 0. The zero-order valence-electron chi connectivity index (χ0n) is 9.41. The van der Waals surface area contributed by atoms with E-state index in [1.165, 1.54) is 0 Å². The number of carbonyl (C=O) groups is 1. The van der Waals surface area contributed by atoms with Gasteiger partial charge in [-0.25, -0.2) is 0 Å². The van der Waals surface area contributed by atoms with Crippen molar-refractivity contribution in [2.75, 3.05) is 25.5 Å². The summed E-state index contributed by atoms with van der Waals surface area (Å²) >= 11 is 3.33. The van der Waals surface area contributed by atoms with Gasteiger partial charge >= 0.3 is 0 Å². The van der Waals surface area contributed by atoms with Crippen LogP contribution >= 0.6 is 15.9 Å². The minimum Gasteiger partial charge on any atom is -0.398 e. The van der Waals surface area contributed by atoms with Crippen LogP contribution in [0.3, 0.4) is 0 Å². The van der Waals surface area contributed by atoms with Gasteiger partial charge in [0.05, 0.1) is 12.2 Å². The number of ether oxygens (including phenoxy) is 1. The first-order chi connectivity index (χ1) is 8.16. The molecule has 0 radical (unpaired) electrons. The lowest BCUT2D eigenvalue weighted by molar-refractivity contribution is 0.0946. The van der Waals surface area contributed by atoms with Gasteiger partial charge in [0, 0.05) is 29.2 Å². The van der Waals surface area contributed by atoms with Gasteiger partial charge in [-0.15, -0.1) is 0 Å². The summed E-state index contributed by atoms with van der Waals surface area (Å²) < 4.78 is 6.10. The lowest BCUT2D eigenvalue weighted by Gasteiger charge is -2.11. The van der Waals surface area contributed by atoms with Crippen molar-refractivity contribution in [2.24, 2.45) is 5.92 Å². The van der Waals surface area contributed by atoms with Gasteiger partial charge in [0.1, 0.15) is 0 Å². The fraction of sp³-hybridized carbons (Fsp3) is 0.417. The number of anilines is 1. The number of nitrogens with one attached hydrogen (secondary N) is 1. The maximum Gasteiger partial charge on any atom is 0.253 e. The predicted octanol–water partition coefficient (Wildman–Crippen LogP) is 1.80. The van der Waals surface area contributed by atoms with E-state index >= 15 is 0 Å². The van der Waals surface area contributed by atoms with E-state index in [0.717, 1.165) is 24.1 Å².